The summed E-state index contributed by atoms with van der Waals surface area (Å²) < 4.78 is 5.41. The molecule has 0 unspecified atom stereocenters. The van der Waals surface area contributed by atoms with Crippen LogP contribution in [0.3, 0.4) is 0 Å². The summed E-state index contributed by atoms with van der Waals surface area (Å²) in [5.41, 5.74) is 6.31. The lowest BCUT2D eigenvalue weighted by Gasteiger charge is -2.24. The van der Waals surface area contributed by atoms with Gasteiger partial charge in [0.25, 0.3) is 5.56 Å². The molecule has 0 aliphatic carbocycles. The third-order valence-electron chi connectivity index (χ3n) is 3.93. The molecule has 0 radical (unpaired) electrons. The third kappa shape index (κ3) is 4.18. The fraction of sp³-hybridized carbons (Fsp3) is 0.250. The first-order valence-electron chi connectivity index (χ1n) is 8.00. The zero-order valence-corrected chi connectivity index (χ0v) is 15.7. The first-order valence-corrected chi connectivity index (χ1v) is 9.15. The van der Waals surface area contributed by atoms with Gasteiger partial charge in [-0.2, -0.15) is 0 Å². The maximum Gasteiger partial charge on any atom is 0.330 e. The van der Waals surface area contributed by atoms with Crippen LogP contribution in [0.5, 0.6) is 0 Å². The number of aliphatic hydroxyl groups excluding tert-OH is 1. The molecule has 3 rings (SSSR count). The molecule has 0 spiro atoms. The first-order chi connectivity index (χ1) is 13.0. The van der Waals surface area contributed by atoms with Gasteiger partial charge >= 0.3 is 5.69 Å². The summed E-state index contributed by atoms with van der Waals surface area (Å²) in [6.07, 6.45) is 0. The van der Waals surface area contributed by atoms with Crippen molar-refractivity contribution in [2.45, 2.75) is 13.1 Å². The van der Waals surface area contributed by atoms with Crippen LogP contribution >= 0.6 is 23.1 Å². The van der Waals surface area contributed by atoms with Crippen molar-refractivity contribution >= 4 is 34.6 Å². The molecule has 3 aromatic rings. The average Bonchev–Trinajstić information content (AvgIpc) is 3.04. The van der Waals surface area contributed by atoms with Gasteiger partial charge in [-0.15, -0.1) is 5.10 Å². The predicted molar refractivity (Wildman–Crippen MR) is 104 cm³/mol. The fourth-order valence-electron chi connectivity index (χ4n) is 2.67. The van der Waals surface area contributed by atoms with E-state index in [2.05, 4.69) is 14.6 Å². The van der Waals surface area contributed by atoms with Gasteiger partial charge in [-0.1, -0.05) is 46.4 Å². The van der Waals surface area contributed by atoms with Crippen molar-refractivity contribution in [2.75, 3.05) is 23.8 Å². The number of rotatable bonds is 7. The molecule has 27 heavy (non-hydrogen) atoms. The minimum absolute atomic E-state index is 0.000337. The molecular weight excluding hydrogens is 392 g/mol. The highest BCUT2D eigenvalue weighted by Crippen LogP contribution is 2.23. The summed E-state index contributed by atoms with van der Waals surface area (Å²) in [5, 5.41) is 13.3. The Labute approximate surface area is 162 Å². The lowest BCUT2D eigenvalue weighted by Crippen LogP contribution is -2.39. The zero-order chi connectivity index (χ0) is 19.4. The molecular formula is C16H17ClN6O3S. The Balaban J connectivity index is 2.04. The van der Waals surface area contributed by atoms with Gasteiger partial charge < -0.3 is 15.7 Å². The van der Waals surface area contributed by atoms with E-state index in [1.165, 1.54) is 9.47 Å². The Bertz CT molecular complexity index is 1030. The molecule has 11 heteroatoms. The standard InChI is InChI=1S/C16H17ClN6O3S/c17-13-11(20-21-27-13)9-22(6-7-24)12-14(18)23(16(26)19-15(12)25)8-10-4-2-1-3-5-10/h1-5,24H,6-9,18H2,(H,19,25,26). The SMILES string of the molecule is Nc1c(N(CCO)Cc2nnsc2Cl)c(=O)[nH]c(=O)n1Cc1ccccc1. The molecule has 0 saturated carbocycles. The van der Waals surface area contributed by atoms with E-state index in [0.29, 0.717) is 10.0 Å². The van der Waals surface area contributed by atoms with Crippen molar-refractivity contribution in [2.24, 2.45) is 0 Å². The lowest BCUT2D eigenvalue weighted by molar-refractivity contribution is 0.301. The Morgan fingerprint density at radius 3 is 2.67 bits per heavy atom. The van der Waals surface area contributed by atoms with Crippen molar-refractivity contribution in [3.8, 4) is 0 Å². The highest BCUT2D eigenvalue weighted by Gasteiger charge is 2.21. The van der Waals surface area contributed by atoms with E-state index in [1.807, 2.05) is 30.3 Å². The molecule has 0 saturated heterocycles. The molecule has 0 bridgehead atoms. The van der Waals surface area contributed by atoms with Gasteiger partial charge in [-0.25, -0.2) is 4.79 Å². The van der Waals surface area contributed by atoms with Crippen LogP contribution in [0.2, 0.25) is 4.34 Å². The van der Waals surface area contributed by atoms with Crippen LogP contribution in [0.15, 0.2) is 39.9 Å². The molecule has 2 aromatic heterocycles. The van der Waals surface area contributed by atoms with Crippen LogP contribution < -0.4 is 21.9 Å². The van der Waals surface area contributed by atoms with E-state index < -0.39 is 11.2 Å². The van der Waals surface area contributed by atoms with E-state index >= 15 is 0 Å². The largest absolute Gasteiger partial charge is 0.395 e. The molecule has 142 valence electrons. The highest BCUT2D eigenvalue weighted by atomic mass is 35.5. The third-order valence-corrected chi connectivity index (χ3v) is 4.92. The number of nitrogens with one attached hydrogen (secondary N) is 1. The summed E-state index contributed by atoms with van der Waals surface area (Å²) in [7, 11) is 0. The van der Waals surface area contributed by atoms with Gasteiger partial charge in [0.05, 0.1) is 19.7 Å². The van der Waals surface area contributed by atoms with E-state index in [9.17, 15) is 14.7 Å². The van der Waals surface area contributed by atoms with Crippen LogP contribution in [0.4, 0.5) is 11.5 Å². The number of nitrogens with zero attached hydrogens (tertiary/aromatic N) is 4. The number of nitrogens with two attached hydrogens (primary N) is 1. The van der Waals surface area contributed by atoms with Crippen molar-refractivity contribution in [1.29, 1.82) is 0 Å². The molecule has 0 aliphatic heterocycles. The Morgan fingerprint density at radius 1 is 1.30 bits per heavy atom. The van der Waals surface area contributed by atoms with Crippen LogP contribution in [-0.2, 0) is 13.1 Å². The number of anilines is 2. The van der Waals surface area contributed by atoms with Crippen LogP contribution in [0.25, 0.3) is 0 Å². The number of halogens is 1. The van der Waals surface area contributed by atoms with Crippen LogP contribution in [0.1, 0.15) is 11.3 Å². The predicted octanol–water partition coefficient (Wildman–Crippen LogP) is 0.671. The second kappa shape index (κ2) is 8.33. The van der Waals surface area contributed by atoms with Gasteiger partial charge in [0.15, 0.2) is 0 Å². The zero-order valence-electron chi connectivity index (χ0n) is 14.1. The summed E-state index contributed by atoms with van der Waals surface area (Å²) >= 11 is 7.07. The fourth-order valence-corrected chi connectivity index (χ4v) is 3.28. The quantitative estimate of drug-likeness (QED) is 0.523. The topological polar surface area (TPSA) is 130 Å². The number of hydrogen-bond acceptors (Lipinski definition) is 8. The maximum atomic E-state index is 12.5. The number of benzene rings is 1. The Hall–Kier alpha value is -2.69. The lowest BCUT2D eigenvalue weighted by atomic mass is 10.2. The maximum absolute atomic E-state index is 12.5. The van der Waals surface area contributed by atoms with Crippen LogP contribution in [-0.4, -0.2) is 37.4 Å². The van der Waals surface area contributed by atoms with Crippen molar-refractivity contribution in [3.63, 3.8) is 0 Å². The molecule has 9 nitrogen and oxygen atoms in total. The summed E-state index contributed by atoms with van der Waals surface area (Å²) in [4.78, 5) is 28.6. The van der Waals surface area contributed by atoms with Crippen molar-refractivity contribution < 1.29 is 5.11 Å². The number of nitrogen functional groups attached to an aromatic ring is 1. The number of hydrogen-bond donors (Lipinski definition) is 3. The van der Waals surface area contributed by atoms with E-state index in [0.717, 1.165) is 17.1 Å². The van der Waals surface area contributed by atoms with Gasteiger partial charge in [-0.3, -0.25) is 14.3 Å². The van der Waals surface area contributed by atoms with E-state index in [1.54, 1.807) is 0 Å². The number of aromatic nitrogens is 4. The highest BCUT2D eigenvalue weighted by molar-refractivity contribution is 7.10. The molecule has 0 aliphatic rings. The molecule has 1 aromatic carbocycles. The molecule has 0 fully saturated rings. The van der Waals surface area contributed by atoms with Gasteiger partial charge in [0.1, 0.15) is 21.5 Å². The Kier molecular flexibility index (Phi) is 5.89. The number of H-pyrrole nitrogens is 1. The van der Waals surface area contributed by atoms with E-state index in [4.69, 9.17) is 17.3 Å². The first kappa shape index (κ1) is 19.1. The minimum Gasteiger partial charge on any atom is -0.395 e. The number of aromatic amines is 1. The molecule has 4 N–H and O–H groups in total. The van der Waals surface area contributed by atoms with Gasteiger partial charge in [0.2, 0.25) is 0 Å². The van der Waals surface area contributed by atoms with Crippen molar-refractivity contribution in [3.05, 3.63) is 66.8 Å². The molecule has 2 heterocycles. The monoisotopic (exact) mass is 408 g/mol. The minimum atomic E-state index is -0.644. The van der Waals surface area contributed by atoms with Crippen molar-refractivity contribution in [1.82, 2.24) is 19.1 Å². The average molecular weight is 409 g/mol. The summed E-state index contributed by atoms with van der Waals surface area (Å²) in [5.74, 6) is 0.000337. The van der Waals surface area contributed by atoms with Crippen LogP contribution in [0, 0.1) is 0 Å². The smallest absolute Gasteiger partial charge is 0.330 e. The molecule has 0 atom stereocenters. The Morgan fingerprint density at radius 2 is 2.04 bits per heavy atom. The second-order valence-electron chi connectivity index (χ2n) is 5.70. The summed E-state index contributed by atoms with van der Waals surface area (Å²) in [6, 6.07) is 9.26. The number of aliphatic hydroxyl groups is 1. The van der Waals surface area contributed by atoms with Gasteiger partial charge in [-0.05, 0) is 5.56 Å². The normalized spacial score (nSPS) is 10.9. The van der Waals surface area contributed by atoms with Gasteiger partial charge in [0, 0.05) is 18.1 Å². The summed E-state index contributed by atoms with van der Waals surface area (Å²) in [6.45, 7) is 0.185. The van der Waals surface area contributed by atoms with E-state index in [-0.39, 0.29) is 37.7 Å². The second-order valence-corrected chi connectivity index (χ2v) is 7.06. The molecule has 0 amide bonds.